The zero-order chi connectivity index (χ0) is 23.5. The Morgan fingerprint density at radius 1 is 1.06 bits per heavy atom. The number of allylic oxidation sites excluding steroid dienone is 1. The van der Waals surface area contributed by atoms with Crippen LogP contribution in [0, 0.1) is 11.3 Å². The lowest BCUT2D eigenvalue weighted by Gasteiger charge is -2.27. The second kappa shape index (κ2) is 9.39. The van der Waals surface area contributed by atoms with E-state index in [1.807, 2.05) is 38.1 Å². The van der Waals surface area contributed by atoms with Crippen LogP contribution >= 0.6 is 15.9 Å². The van der Waals surface area contributed by atoms with E-state index in [0.29, 0.717) is 28.4 Å². The Balaban J connectivity index is 1.61. The molecule has 7 heteroatoms. The number of nitrogens with two attached hydrogens (primary N) is 1. The van der Waals surface area contributed by atoms with Crippen molar-refractivity contribution in [1.29, 1.82) is 5.26 Å². The minimum Gasteiger partial charge on any atom is -0.491 e. The number of rotatable bonds is 5. The molecular weight excluding hydrogens is 484 g/mol. The van der Waals surface area contributed by atoms with Crippen molar-refractivity contribution < 1.29 is 19.0 Å². The summed E-state index contributed by atoms with van der Waals surface area (Å²) < 4.78 is 17.7. The van der Waals surface area contributed by atoms with Crippen molar-refractivity contribution in [1.82, 2.24) is 0 Å². The van der Waals surface area contributed by atoms with Crippen molar-refractivity contribution in [3.8, 4) is 23.3 Å². The standard InChI is InChI=1S/C26H21BrN2O4/c1-15(2)31-17-9-7-16(8-10-17)26(30)32-18-11-12-20-23(13-18)33-25(29)21(14-28)24(20)19-5-3-4-6-22(19)27/h3-13,15,24H,29H2,1-2H3. The average molecular weight is 505 g/mol. The van der Waals surface area contributed by atoms with Gasteiger partial charge < -0.3 is 19.9 Å². The first-order chi connectivity index (χ1) is 15.9. The molecule has 166 valence electrons. The third-order valence-electron chi connectivity index (χ3n) is 5.08. The zero-order valence-electron chi connectivity index (χ0n) is 18.0. The summed E-state index contributed by atoms with van der Waals surface area (Å²) in [6.07, 6.45) is 0.0432. The molecule has 0 spiro atoms. The number of hydrogen-bond acceptors (Lipinski definition) is 6. The number of fused-ring (bicyclic) bond motifs is 1. The first-order valence-electron chi connectivity index (χ1n) is 10.3. The Labute approximate surface area is 200 Å². The lowest BCUT2D eigenvalue weighted by molar-refractivity contribution is 0.0734. The average Bonchev–Trinajstić information content (AvgIpc) is 2.78. The number of nitrogens with zero attached hydrogens (tertiary/aromatic N) is 1. The molecule has 0 radical (unpaired) electrons. The highest BCUT2D eigenvalue weighted by atomic mass is 79.9. The van der Waals surface area contributed by atoms with E-state index in [1.54, 1.807) is 42.5 Å². The van der Waals surface area contributed by atoms with Crippen molar-refractivity contribution in [3.63, 3.8) is 0 Å². The number of esters is 1. The van der Waals surface area contributed by atoms with Gasteiger partial charge in [-0.15, -0.1) is 0 Å². The molecule has 2 N–H and O–H groups in total. The van der Waals surface area contributed by atoms with Gasteiger partial charge in [0, 0.05) is 16.1 Å². The molecule has 1 atom stereocenters. The van der Waals surface area contributed by atoms with Crippen molar-refractivity contribution in [2.24, 2.45) is 5.73 Å². The molecule has 3 aromatic carbocycles. The second-order valence-electron chi connectivity index (χ2n) is 7.73. The molecule has 1 aliphatic rings. The molecule has 0 fully saturated rings. The largest absolute Gasteiger partial charge is 0.491 e. The quantitative estimate of drug-likeness (QED) is 0.355. The Hall–Kier alpha value is -3.76. The van der Waals surface area contributed by atoms with Crippen LogP contribution in [0.1, 0.15) is 41.3 Å². The van der Waals surface area contributed by atoms with Crippen LogP contribution < -0.4 is 19.9 Å². The Morgan fingerprint density at radius 3 is 2.42 bits per heavy atom. The van der Waals surface area contributed by atoms with Crippen molar-refractivity contribution in [2.45, 2.75) is 25.9 Å². The van der Waals surface area contributed by atoms with E-state index in [9.17, 15) is 10.1 Å². The molecule has 1 heterocycles. The van der Waals surface area contributed by atoms with Gasteiger partial charge in [0.25, 0.3) is 0 Å². The third-order valence-corrected chi connectivity index (χ3v) is 5.80. The van der Waals surface area contributed by atoms with Gasteiger partial charge in [0.2, 0.25) is 5.88 Å². The van der Waals surface area contributed by atoms with E-state index in [0.717, 1.165) is 15.6 Å². The first-order valence-corrected chi connectivity index (χ1v) is 11.1. The molecule has 0 aliphatic carbocycles. The fourth-order valence-electron chi connectivity index (χ4n) is 3.64. The number of benzene rings is 3. The van der Waals surface area contributed by atoms with Crippen LogP contribution in [0.15, 0.2) is 82.7 Å². The molecule has 6 nitrogen and oxygen atoms in total. The fraction of sp³-hybridized carbons (Fsp3) is 0.154. The first kappa shape index (κ1) is 22.4. The summed E-state index contributed by atoms with van der Waals surface area (Å²) in [5.41, 5.74) is 8.42. The van der Waals surface area contributed by atoms with E-state index in [2.05, 4.69) is 22.0 Å². The number of carbonyl (C=O) groups excluding carboxylic acids is 1. The van der Waals surface area contributed by atoms with Crippen LogP contribution in [0.2, 0.25) is 0 Å². The number of ether oxygens (including phenoxy) is 3. The van der Waals surface area contributed by atoms with Crippen molar-refractivity contribution in [3.05, 3.63) is 99.3 Å². The Morgan fingerprint density at radius 2 is 1.76 bits per heavy atom. The third kappa shape index (κ3) is 4.71. The molecule has 1 aliphatic heterocycles. The highest BCUT2D eigenvalue weighted by Gasteiger charge is 2.32. The SMILES string of the molecule is CC(C)Oc1ccc(C(=O)Oc2ccc3c(c2)OC(N)=C(C#N)C3c2ccccc2Br)cc1. The number of halogens is 1. The van der Waals surface area contributed by atoms with Gasteiger partial charge in [-0.3, -0.25) is 0 Å². The van der Waals surface area contributed by atoms with E-state index in [1.165, 1.54) is 0 Å². The fourth-order valence-corrected chi connectivity index (χ4v) is 4.15. The predicted molar refractivity (Wildman–Crippen MR) is 127 cm³/mol. The normalized spacial score (nSPS) is 14.8. The molecule has 33 heavy (non-hydrogen) atoms. The summed E-state index contributed by atoms with van der Waals surface area (Å²) in [5, 5.41) is 9.72. The van der Waals surface area contributed by atoms with Crippen LogP contribution in [-0.2, 0) is 0 Å². The molecule has 0 amide bonds. The minimum absolute atomic E-state index is 0.0231. The number of nitriles is 1. The van der Waals surface area contributed by atoms with Gasteiger partial charge in [-0.1, -0.05) is 40.2 Å². The van der Waals surface area contributed by atoms with Crippen molar-refractivity contribution >= 4 is 21.9 Å². The van der Waals surface area contributed by atoms with Gasteiger partial charge in [-0.05, 0) is 55.8 Å². The monoisotopic (exact) mass is 504 g/mol. The number of carbonyl (C=O) groups is 1. The molecule has 0 saturated heterocycles. The lowest BCUT2D eigenvalue weighted by atomic mass is 9.83. The summed E-state index contributed by atoms with van der Waals surface area (Å²) >= 11 is 3.56. The van der Waals surface area contributed by atoms with Gasteiger partial charge in [0.1, 0.15) is 28.9 Å². The summed E-state index contributed by atoms with van der Waals surface area (Å²) in [4.78, 5) is 12.6. The van der Waals surface area contributed by atoms with E-state index in [4.69, 9.17) is 19.9 Å². The minimum atomic E-state index is -0.509. The highest BCUT2D eigenvalue weighted by Crippen LogP contribution is 2.45. The van der Waals surface area contributed by atoms with E-state index >= 15 is 0 Å². The van der Waals surface area contributed by atoms with Crippen molar-refractivity contribution in [2.75, 3.05) is 0 Å². The maximum atomic E-state index is 12.6. The number of hydrogen-bond donors (Lipinski definition) is 1. The maximum Gasteiger partial charge on any atom is 0.343 e. The van der Waals surface area contributed by atoms with Crippen LogP contribution in [0.3, 0.4) is 0 Å². The van der Waals surface area contributed by atoms with Crippen LogP contribution in [0.25, 0.3) is 0 Å². The molecule has 0 saturated carbocycles. The zero-order valence-corrected chi connectivity index (χ0v) is 19.6. The maximum absolute atomic E-state index is 12.6. The summed E-state index contributed by atoms with van der Waals surface area (Å²) in [7, 11) is 0. The summed E-state index contributed by atoms with van der Waals surface area (Å²) in [6, 6.07) is 21.6. The molecule has 4 rings (SSSR count). The van der Waals surface area contributed by atoms with E-state index in [-0.39, 0.29) is 12.0 Å². The summed E-state index contributed by atoms with van der Waals surface area (Å²) in [5.74, 6) is 0.518. The molecule has 0 bridgehead atoms. The predicted octanol–water partition coefficient (Wildman–Crippen LogP) is 5.67. The van der Waals surface area contributed by atoms with Crippen LogP contribution in [-0.4, -0.2) is 12.1 Å². The van der Waals surface area contributed by atoms with Crippen LogP contribution in [0.5, 0.6) is 17.2 Å². The highest BCUT2D eigenvalue weighted by molar-refractivity contribution is 9.10. The van der Waals surface area contributed by atoms with Gasteiger partial charge in [0.05, 0.1) is 17.6 Å². The lowest BCUT2D eigenvalue weighted by Crippen LogP contribution is -2.21. The molecule has 0 aromatic heterocycles. The molecule has 1 unspecified atom stereocenters. The molecular formula is C26H21BrN2O4. The van der Waals surface area contributed by atoms with Gasteiger partial charge >= 0.3 is 5.97 Å². The van der Waals surface area contributed by atoms with Gasteiger partial charge in [-0.25, -0.2) is 4.79 Å². The summed E-state index contributed by atoms with van der Waals surface area (Å²) in [6.45, 7) is 3.87. The van der Waals surface area contributed by atoms with Crippen LogP contribution in [0.4, 0.5) is 0 Å². The second-order valence-corrected chi connectivity index (χ2v) is 8.58. The molecule has 3 aromatic rings. The Kier molecular flexibility index (Phi) is 6.38. The van der Waals surface area contributed by atoms with Gasteiger partial charge in [-0.2, -0.15) is 5.26 Å². The topological polar surface area (TPSA) is 94.6 Å². The van der Waals surface area contributed by atoms with Gasteiger partial charge in [0.15, 0.2) is 0 Å². The Bertz CT molecular complexity index is 1280. The smallest absolute Gasteiger partial charge is 0.343 e. The van der Waals surface area contributed by atoms with E-state index < -0.39 is 11.9 Å².